The lowest BCUT2D eigenvalue weighted by molar-refractivity contribution is -0.138. The Kier molecular flexibility index (Phi) is 25.7. The number of nitrogens with two attached hydrogens (primary N) is 1. The summed E-state index contributed by atoms with van der Waals surface area (Å²) in [6.07, 6.45) is 9.75. The Morgan fingerprint density at radius 3 is 2.12 bits per heavy atom. The Morgan fingerprint density at radius 2 is 1.43 bits per heavy atom. The van der Waals surface area contributed by atoms with Crippen LogP contribution in [-0.4, -0.2) is 175 Å². The van der Waals surface area contributed by atoms with E-state index in [0.29, 0.717) is 79.1 Å². The molecule has 0 saturated carbocycles. The van der Waals surface area contributed by atoms with Gasteiger partial charge in [0, 0.05) is 70.4 Å². The molecule has 0 spiro atoms. The number of carbonyl (C=O) groups excluding carboxylic acids is 9. The van der Waals surface area contributed by atoms with Crippen LogP contribution >= 0.6 is 11.8 Å². The molecule has 1 unspecified atom stereocenters. The zero-order valence-electron chi connectivity index (χ0n) is 55.3. The molecule has 23 heteroatoms. The van der Waals surface area contributed by atoms with E-state index in [1.165, 1.54) is 23.8 Å². The Hall–Kier alpha value is -8.51. The number of likely N-dealkylation sites (tertiary alicyclic amines) is 1. The van der Waals surface area contributed by atoms with Crippen LogP contribution < -0.4 is 30.7 Å². The summed E-state index contributed by atoms with van der Waals surface area (Å²) < 4.78 is 23.2. The number of rotatable bonds is 35. The molecule has 22 nitrogen and oxygen atoms in total. The summed E-state index contributed by atoms with van der Waals surface area (Å²) in [5, 5.41) is 17.4. The summed E-state index contributed by atoms with van der Waals surface area (Å²) in [6.45, 7) is 9.43. The van der Waals surface area contributed by atoms with E-state index in [-0.39, 0.29) is 143 Å². The molecule has 0 radical (unpaired) electrons. The summed E-state index contributed by atoms with van der Waals surface area (Å²) in [7, 11) is 3.15. The second-order valence-electron chi connectivity index (χ2n) is 25.4. The Bertz CT molecular complexity index is 3560. The average molecular weight is 1340 g/mol. The van der Waals surface area contributed by atoms with Gasteiger partial charge in [-0.3, -0.25) is 48.2 Å². The molecule has 5 N–H and O–H groups in total. The fourth-order valence-electron chi connectivity index (χ4n) is 13.1. The van der Waals surface area contributed by atoms with Crippen molar-refractivity contribution in [3.63, 3.8) is 0 Å². The minimum Gasteiger partial charge on any atom is -0.496 e. The summed E-state index contributed by atoms with van der Waals surface area (Å²) in [5.41, 5.74) is 13.0. The number of aliphatic hydroxyl groups is 1. The number of thioether (sulfide) groups is 1. The number of hydrogen-bond donors (Lipinski definition) is 4. The maximum absolute atomic E-state index is 14.4. The third-order valence-corrected chi connectivity index (χ3v) is 19.4. The third-order valence-electron chi connectivity index (χ3n) is 18.4. The Morgan fingerprint density at radius 1 is 0.760 bits per heavy atom. The maximum atomic E-state index is 14.4. The second kappa shape index (κ2) is 34.4. The Labute approximate surface area is 565 Å². The largest absolute Gasteiger partial charge is 0.496 e. The number of nitrogens with one attached hydrogen (secondary N) is 2. The van der Waals surface area contributed by atoms with Crippen LogP contribution in [0.25, 0.3) is 0 Å². The molecule has 5 heterocycles. The van der Waals surface area contributed by atoms with Gasteiger partial charge in [-0.05, 0) is 129 Å². The van der Waals surface area contributed by atoms with E-state index >= 15 is 0 Å². The van der Waals surface area contributed by atoms with E-state index < -0.39 is 41.5 Å². The van der Waals surface area contributed by atoms with Crippen molar-refractivity contribution in [2.24, 2.45) is 16.6 Å². The number of hydrogen-bond acceptors (Lipinski definition) is 17. The van der Waals surface area contributed by atoms with Crippen molar-refractivity contribution in [1.29, 1.82) is 0 Å². The van der Waals surface area contributed by atoms with Crippen LogP contribution in [0.4, 0.5) is 16.2 Å². The number of unbranched alkanes of at least 4 members (excludes halogenated alkanes) is 5. The summed E-state index contributed by atoms with van der Waals surface area (Å²) >= 11 is 1.31. The minimum atomic E-state index is -1.47. The summed E-state index contributed by atoms with van der Waals surface area (Å²) in [6, 6.07) is 21.7. The zero-order chi connectivity index (χ0) is 68.4. The number of aryl methyl sites for hydroxylation is 2. The fraction of sp³-hybridized carbons (Fsp3) is 0.479. The average Bonchev–Trinajstić information content (AvgIpc) is 1.55. The molecule has 7 amide bonds. The van der Waals surface area contributed by atoms with E-state index in [2.05, 4.69) is 23.8 Å². The summed E-state index contributed by atoms with van der Waals surface area (Å²) in [4.78, 5) is 132. The number of imide groups is 1. The molecule has 9 rings (SSSR count). The zero-order valence-corrected chi connectivity index (χ0v) is 56.1. The number of anilines is 1. The lowest BCUT2D eigenvalue weighted by Crippen LogP contribution is -2.50. The number of aliphatic hydroxyl groups excluding tert-OH is 1. The van der Waals surface area contributed by atoms with Crippen molar-refractivity contribution < 1.29 is 67.2 Å². The highest BCUT2D eigenvalue weighted by atomic mass is 32.2. The van der Waals surface area contributed by atoms with Gasteiger partial charge in [-0.25, -0.2) is 9.69 Å². The van der Waals surface area contributed by atoms with Gasteiger partial charge in [0.05, 0.1) is 73.3 Å². The first-order chi connectivity index (χ1) is 46.4. The van der Waals surface area contributed by atoms with Crippen LogP contribution in [0.15, 0.2) is 108 Å². The summed E-state index contributed by atoms with van der Waals surface area (Å²) in [5.74, 6) is -1.90. The van der Waals surface area contributed by atoms with Crippen molar-refractivity contribution in [2.75, 3.05) is 71.3 Å². The van der Waals surface area contributed by atoms with E-state index in [0.717, 1.165) is 76.2 Å². The highest BCUT2D eigenvalue weighted by molar-refractivity contribution is 8.00. The first-order valence-corrected chi connectivity index (χ1v) is 34.6. The normalized spacial score (nSPS) is 18.7. The van der Waals surface area contributed by atoms with Crippen LogP contribution in [-0.2, 0) is 70.5 Å². The lowest BCUT2D eigenvalue weighted by Gasteiger charge is -2.31. The SMILES string of the molecule is C=C1C[C@H]2C=Nc3cc(CCCCCCCc4cc5c(cc4OC)C(=O)N4CC(=C)C[C@H]4[C@H](O)N5C(=O)OCc4ccc(CC(=O)[C@H](CCCCN)NC(=O)[C@@H](CC(=O)CCOCCNC(=O)CCN5C(=O)CC(SC)C5=O)Cc5ccccc5)cc4)c(OC)cc3C(=O)N2C1. The van der Waals surface area contributed by atoms with Crippen molar-refractivity contribution in [3.8, 4) is 11.5 Å². The number of ether oxygens (including phenoxy) is 4. The molecule has 5 aliphatic heterocycles. The molecule has 96 heavy (non-hydrogen) atoms. The predicted molar refractivity (Wildman–Crippen MR) is 365 cm³/mol. The van der Waals surface area contributed by atoms with Crippen LogP contribution in [0.3, 0.4) is 0 Å². The maximum Gasteiger partial charge on any atom is 0.416 e. The van der Waals surface area contributed by atoms with Crippen molar-refractivity contribution in [2.45, 2.75) is 152 Å². The number of Topliss-reactive ketones (excluding diaryl/α,β-unsaturated/α-hetero) is 2. The first-order valence-electron chi connectivity index (χ1n) is 33.3. The van der Waals surface area contributed by atoms with Crippen molar-refractivity contribution in [3.05, 3.63) is 142 Å². The van der Waals surface area contributed by atoms with E-state index in [4.69, 9.17) is 29.7 Å². The monoisotopic (exact) mass is 1330 g/mol. The fourth-order valence-corrected chi connectivity index (χ4v) is 13.8. The second-order valence-corrected chi connectivity index (χ2v) is 26.4. The number of benzene rings is 4. The molecule has 512 valence electrons. The Balaban J connectivity index is 0.775. The highest BCUT2D eigenvalue weighted by Crippen LogP contribution is 2.41. The first kappa shape index (κ1) is 71.8. The highest BCUT2D eigenvalue weighted by Gasteiger charge is 2.47. The molecule has 0 aliphatic carbocycles. The number of amides is 7. The van der Waals surface area contributed by atoms with Crippen LogP contribution in [0.5, 0.6) is 11.5 Å². The van der Waals surface area contributed by atoms with E-state index in [9.17, 15) is 48.3 Å². The van der Waals surface area contributed by atoms with Crippen molar-refractivity contribution in [1.82, 2.24) is 25.3 Å². The molecular formula is C73H90N8O14S. The number of ketones is 2. The number of aliphatic imine (C=N–C) groups is 1. The van der Waals surface area contributed by atoms with Gasteiger partial charge in [-0.1, -0.05) is 98.2 Å². The van der Waals surface area contributed by atoms with Gasteiger partial charge in [-0.15, -0.1) is 0 Å². The predicted octanol–water partition coefficient (Wildman–Crippen LogP) is 8.12. The number of fused-ring (bicyclic) bond motifs is 4. The molecule has 5 aliphatic rings. The van der Waals surface area contributed by atoms with Crippen LogP contribution in [0, 0.1) is 5.92 Å². The third kappa shape index (κ3) is 18.3. The minimum absolute atomic E-state index is 0.00346. The van der Waals surface area contributed by atoms with Gasteiger partial charge in [0.1, 0.15) is 23.9 Å². The molecular weight excluding hydrogens is 1240 g/mol. The quantitative estimate of drug-likeness (QED) is 0.0192. The molecule has 4 aromatic rings. The topological polar surface area (TPSA) is 286 Å². The molecule has 4 aromatic carbocycles. The molecule has 3 fully saturated rings. The number of carbonyl (C=O) groups is 9. The van der Waals surface area contributed by atoms with E-state index in [1.54, 1.807) is 49.8 Å². The number of nitrogens with zero attached hydrogens (tertiary/aromatic N) is 5. The van der Waals surface area contributed by atoms with Crippen LogP contribution in [0.1, 0.15) is 138 Å². The van der Waals surface area contributed by atoms with Gasteiger partial charge >= 0.3 is 6.09 Å². The smallest absolute Gasteiger partial charge is 0.416 e. The van der Waals surface area contributed by atoms with Crippen molar-refractivity contribution >= 4 is 82.5 Å². The standard InChI is InChI=1S/C73H90N8O14S/c1-46-32-54-42-76-59-37-51(63(92-3)39-56(59)69(87)79(54)43-46)18-12-7-6-8-13-19-52-38-60-57(40-64(52)93-4)70(88)80-44-47(2)33-61(80)71(89)81(60)73(91)95-45-50-23-21-49(22-24-50)35-62(83)58(20-14-15-27-74)77-68(86)53(34-48-16-10-9-11-17-48)36-55(82)26-30-94-31-28-75-66(84)25-29-78-67(85)41-65(96-5)72(78)90/h9-11,16-17,21-24,37-40,42,53-54,58,61,65,71,89H,1-2,6-8,12-15,18-20,25-36,41,43-45,74H2,3-5H3,(H,75,84)(H,77,86)/t53-,54+,58+,61+,65?,71+/m1/s1. The van der Waals surface area contributed by atoms with Gasteiger partial charge < -0.3 is 50.2 Å². The van der Waals surface area contributed by atoms with Gasteiger partial charge in [0.15, 0.2) is 12.0 Å². The molecule has 3 saturated heterocycles. The van der Waals surface area contributed by atoms with E-state index in [1.807, 2.05) is 53.6 Å². The number of methoxy groups -OCH3 is 2. The van der Waals surface area contributed by atoms with Gasteiger partial charge in [0.2, 0.25) is 23.6 Å². The van der Waals surface area contributed by atoms with Crippen LogP contribution in [0.2, 0.25) is 0 Å². The molecule has 0 bridgehead atoms. The molecule has 0 aromatic heterocycles. The van der Waals surface area contributed by atoms with Gasteiger partial charge in [0.25, 0.3) is 11.8 Å². The molecule has 6 atom stereocenters. The lowest BCUT2D eigenvalue weighted by atomic mass is 9.91. The van der Waals surface area contributed by atoms with Gasteiger partial charge in [-0.2, -0.15) is 11.8 Å².